The van der Waals surface area contributed by atoms with Crippen molar-refractivity contribution in [3.63, 3.8) is 0 Å². The van der Waals surface area contributed by atoms with E-state index in [9.17, 15) is 22.8 Å². The summed E-state index contributed by atoms with van der Waals surface area (Å²) >= 11 is 6.35. The van der Waals surface area contributed by atoms with E-state index in [1.807, 2.05) is 13.8 Å². The van der Waals surface area contributed by atoms with Crippen LogP contribution in [0.2, 0.25) is 5.02 Å². The van der Waals surface area contributed by atoms with Crippen molar-refractivity contribution in [3.05, 3.63) is 39.8 Å². The van der Waals surface area contributed by atoms with Crippen molar-refractivity contribution in [1.82, 2.24) is 15.2 Å². The van der Waals surface area contributed by atoms with Crippen LogP contribution in [0.25, 0.3) is 0 Å². The average molecular weight is 585 g/mol. The molecule has 7 nitrogen and oxygen atoms in total. The predicted molar refractivity (Wildman–Crippen MR) is 148 cm³/mol. The number of alkyl halides is 3. The molecule has 2 heterocycles. The Morgan fingerprint density at radius 1 is 1.25 bits per heavy atom. The summed E-state index contributed by atoms with van der Waals surface area (Å²) < 4.78 is 49.2. The molecule has 1 saturated carbocycles. The number of ether oxygens (including phenoxy) is 1. The van der Waals surface area contributed by atoms with Crippen LogP contribution in [0, 0.1) is 23.7 Å². The fourth-order valence-electron chi connectivity index (χ4n) is 5.42. The summed E-state index contributed by atoms with van der Waals surface area (Å²) in [4.78, 5) is 30.7. The Bertz CT molecular complexity index is 1090. The Hall–Kier alpha value is -2.46. The molecule has 0 bridgehead atoms. The first-order valence-corrected chi connectivity index (χ1v) is 14.1. The number of amides is 1. The lowest BCUT2D eigenvalue weighted by molar-refractivity contribution is -0.138. The van der Waals surface area contributed by atoms with Crippen molar-refractivity contribution >= 4 is 30.0 Å². The van der Waals surface area contributed by atoms with Gasteiger partial charge in [0.2, 0.25) is 0 Å². The molecule has 11 heteroatoms. The highest BCUT2D eigenvalue weighted by Gasteiger charge is 2.42. The molecule has 2 atom stereocenters. The number of allylic oxidation sites excluding steroid dienone is 1. The minimum atomic E-state index is -4.88. The van der Waals surface area contributed by atoms with Gasteiger partial charge in [-0.05, 0) is 75.8 Å². The molecule has 1 saturated heterocycles. The third kappa shape index (κ3) is 8.06. The molecule has 1 aliphatic heterocycles. The van der Waals surface area contributed by atoms with E-state index in [-0.39, 0.29) is 13.1 Å². The van der Waals surface area contributed by atoms with Crippen molar-refractivity contribution in [1.29, 1.82) is 5.41 Å². The lowest BCUT2D eigenvalue weighted by atomic mass is 9.75. The van der Waals surface area contributed by atoms with Gasteiger partial charge in [0.05, 0.1) is 16.2 Å². The zero-order valence-electron chi connectivity index (χ0n) is 23.7. The fourth-order valence-corrected chi connectivity index (χ4v) is 5.72. The van der Waals surface area contributed by atoms with Gasteiger partial charge in [-0.25, -0.2) is 0 Å². The zero-order valence-corrected chi connectivity index (χ0v) is 24.4. The highest BCUT2D eigenvalue weighted by Crippen LogP contribution is 2.36. The number of hydrogen-bond donors (Lipinski definition) is 2. The Balaban J connectivity index is 1.93. The summed E-state index contributed by atoms with van der Waals surface area (Å²) in [5, 5.41) is 10.8. The van der Waals surface area contributed by atoms with Crippen LogP contribution in [0.3, 0.4) is 0 Å². The van der Waals surface area contributed by atoms with E-state index >= 15 is 0 Å². The maximum absolute atomic E-state index is 14.4. The quantitative estimate of drug-likeness (QED) is 0.205. The van der Waals surface area contributed by atoms with E-state index in [1.165, 1.54) is 11.1 Å². The summed E-state index contributed by atoms with van der Waals surface area (Å²) in [5.41, 5.74) is -1.70. The van der Waals surface area contributed by atoms with Crippen LogP contribution >= 0.6 is 11.6 Å². The van der Waals surface area contributed by atoms with E-state index in [2.05, 4.69) is 17.2 Å². The number of halogens is 4. The van der Waals surface area contributed by atoms with Crippen LogP contribution in [-0.4, -0.2) is 65.8 Å². The second-order valence-electron chi connectivity index (χ2n) is 11.9. The Labute approximate surface area is 239 Å². The first-order chi connectivity index (χ1) is 18.7. The van der Waals surface area contributed by atoms with Crippen LogP contribution in [0.15, 0.2) is 23.7 Å². The summed E-state index contributed by atoms with van der Waals surface area (Å²) in [5.74, 6) is -0.542. The van der Waals surface area contributed by atoms with Gasteiger partial charge in [0.1, 0.15) is 12.0 Å². The van der Waals surface area contributed by atoms with Gasteiger partial charge in [-0.1, -0.05) is 25.4 Å². The van der Waals surface area contributed by atoms with E-state index in [0.29, 0.717) is 62.3 Å². The summed E-state index contributed by atoms with van der Waals surface area (Å²) in [6, 6.07) is -0.570. The Kier molecular flexibility index (Phi) is 10.4. The molecule has 40 heavy (non-hydrogen) atoms. The molecule has 1 aromatic heterocycles. The SMILES string of the molecule is Cc1cncc(Cl)c1CCN(CC1(C)CCC(C)CO1)C(=O)/C(C=N)=C(/NC1CCC(C)(C=O)CC1)C(F)(F)F. The molecule has 1 aliphatic carbocycles. The van der Waals surface area contributed by atoms with Crippen molar-refractivity contribution in [2.24, 2.45) is 11.3 Å². The largest absolute Gasteiger partial charge is 0.431 e. The van der Waals surface area contributed by atoms with Gasteiger partial charge >= 0.3 is 6.18 Å². The highest BCUT2D eigenvalue weighted by molar-refractivity contribution is 6.31. The van der Waals surface area contributed by atoms with Crippen molar-refractivity contribution in [2.75, 3.05) is 19.7 Å². The summed E-state index contributed by atoms with van der Waals surface area (Å²) in [7, 11) is 0. The molecule has 2 aliphatic rings. The van der Waals surface area contributed by atoms with Crippen LogP contribution in [0.1, 0.15) is 70.4 Å². The van der Waals surface area contributed by atoms with Crippen molar-refractivity contribution in [2.45, 2.75) is 90.5 Å². The summed E-state index contributed by atoms with van der Waals surface area (Å²) in [6.07, 6.45) is 3.02. The minimum Gasteiger partial charge on any atom is -0.378 e. The molecule has 0 spiro atoms. The van der Waals surface area contributed by atoms with E-state index in [4.69, 9.17) is 21.7 Å². The number of carbonyl (C=O) groups excluding carboxylic acids is 2. The molecular weight excluding hydrogens is 545 g/mol. The molecule has 1 amide bonds. The highest BCUT2D eigenvalue weighted by atomic mass is 35.5. The molecule has 3 rings (SSSR count). The molecule has 2 N–H and O–H groups in total. The number of aldehydes is 1. The van der Waals surface area contributed by atoms with Crippen LogP contribution < -0.4 is 5.32 Å². The first kappa shape index (κ1) is 32.1. The number of carbonyl (C=O) groups is 2. The van der Waals surface area contributed by atoms with Crippen molar-refractivity contribution < 1.29 is 27.5 Å². The van der Waals surface area contributed by atoms with Gasteiger partial charge in [-0.3, -0.25) is 9.78 Å². The topological polar surface area (TPSA) is 95.4 Å². The average Bonchev–Trinajstić information content (AvgIpc) is 2.90. The second-order valence-corrected chi connectivity index (χ2v) is 12.3. The van der Waals surface area contributed by atoms with Crippen LogP contribution in [0.4, 0.5) is 13.2 Å². The van der Waals surface area contributed by atoms with Gasteiger partial charge in [-0.2, -0.15) is 13.2 Å². The molecule has 0 radical (unpaired) electrons. The number of hydrogen-bond acceptors (Lipinski definition) is 6. The van der Waals surface area contributed by atoms with Crippen molar-refractivity contribution in [3.8, 4) is 0 Å². The predicted octanol–water partition coefficient (Wildman–Crippen LogP) is 5.82. The lowest BCUT2D eigenvalue weighted by Crippen LogP contribution is -2.50. The van der Waals surface area contributed by atoms with Crippen LogP contribution in [-0.2, 0) is 20.7 Å². The maximum atomic E-state index is 14.4. The number of aryl methyl sites for hydroxylation is 1. The summed E-state index contributed by atoms with van der Waals surface area (Å²) in [6.45, 7) is 8.22. The fraction of sp³-hybridized carbons (Fsp3) is 0.655. The monoisotopic (exact) mass is 584 g/mol. The van der Waals surface area contributed by atoms with Gasteiger partial charge < -0.3 is 25.2 Å². The number of rotatable bonds is 10. The number of nitrogens with one attached hydrogen (secondary N) is 2. The van der Waals surface area contributed by atoms with Gasteiger partial charge in [-0.15, -0.1) is 0 Å². The lowest BCUT2D eigenvalue weighted by Gasteiger charge is -2.40. The molecule has 222 valence electrons. The third-order valence-electron chi connectivity index (χ3n) is 8.24. The second kappa shape index (κ2) is 13.0. The normalized spacial score (nSPS) is 27.9. The number of pyridine rings is 1. The molecular formula is C29H40ClF3N4O3. The minimum absolute atomic E-state index is 0.0733. The Morgan fingerprint density at radius 2 is 1.93 bits per heavy atom. The molecule has 1 aromatic rings. The van der Waals surface area contributed by atoms with Gasteiger partial charge in [0, 0.05) is 49.8 Å². The molecule has 0 aromatic carbocycles. The third-order valence-corrected chi connectivity index (χ3v) is 8.56. The molecule has 2 unspecified atom stereocenters. The zero-order chi connectivity index (χ0) is 29.7. The standard InChI is InChI=1S/C29H40ClF3N4O3/c1-19-5-11-28(4,40-16-19)17-37(12-8-22-20(2)14-35-15-24(22)30)26(39)23(13-34)25(29(31,32)33)36-21-6-9-27(3,18-38)10-7-21/h13-15,18-19,21,34,36H,5-12,16-17H2,1-4H3/b25-23+,34-13?. The van der Waals surface area contributed by atoms with E-state index < -0.39 is 40.4 Å². The smallest absolute Gasteiger partial charge is 0.378 e. The first-order valence-electron chi connectivity index (χ1n) is 13.8. The number of aromatic nitrogens is 1. The van der Waals surface area contributed by atoms with Gasteiger partial charge in [0.25, 0.3) is 5.91 Å². The van der Waals surface area contributed by atoms with Gasteiger partial charge in [0.15, 0.2) is 0 Å². The van der Waals surface area contributed by atoms with E-state index in [1.54, 1.807) is 13.1 Å². The molecule has 2 fully saturated rings. The number of nitrogens with zero attached hydrogens (tertiary/aromatic N) is 2. The Morgan fingerprint density at radius 3 is 2.45 bits per heavy atom. The maximum Gasteiger partial charge on any atom is 0.431 e. The van der Waals surface area contributed by atoms with E-state index in [0.717, 1.165) is 23.8 Å². The van der Waals surface area contributed by atoms with Crippen LogP contribution in [0.5, 0.6) is 0 Å².